The third-order valence-corrected chi connectivity index (χ3v) is 12.3. The minimum absolute atomic E-state index is 0.126. The van der Waals surface area contributed by atoms with E-state index in [0.717, 1.165) is 89.9 Å². The first-order valence-electron chi connectivity index (χ1n) is 27.7. The summed E-state index contributed by atoms with van der Waals surface area (Å²) in [5.41, 5.74) is 0. The SMILES string of the molecule is CC/C=C\C/C=C\C/C=C\C/C=C\C/C=C\CCCCCCCC(=O)OC(COCCCCCCCCCCCCCC/C=C\C/C=C\CCCCCCC)COC1OC(CO)C(O)C(O)C1O. The number of aliphatic hydroxyl groups is 4. The van der Waals surface area contributed by atoms with Gasteiger partial charge in [-0.1, -0.05) is 208 Å². The zero-order valence-electron chi connectivity index (χ0n) is 43.3. The molecule has 0 saturated carbocycles. The summed E-state index contributed by atoms with van der Waals surface area (Å²) >= 11 is 0. The quantitative estimate of drug-likeness (QED) is 0.0267. The molecular weight excluding hydrogens is 853 g/mol. The number of aliphatic hydroxyl groups excluding tert-OH is 4. The van der Waals surface area contributed by atoms with Crippen molar-refractivity contribution in [1.29, 1.82) is 0 Å². The van der Waals surface area contributed by atoms with Crippen LogP contribution in [-0.2, 0) is 23.7 Å². The summed E-state index contributed by atoms with van der Waals surface area (Å²) < 4.78 is 22.9. The van der Waals surface area contributed by atoms with Crippen LogP contribution in [0.3, 0.4) is 0 Å². The van der Waals surface area contributed by atoms with Crippen LogP contribution in [0.1, 0.15) is 219 Å². The van der Waals surface area contributed by atoms with Gasteiger partial charge in [0, 0.05) is 13.0 Å². The van der Waals surface area contributed by atoms with E-state index in [9.17, 15) is 25.2 Å². The van der Waals surface area contributed by atoms with Gasteiger partial charge in [0.15, 0.2) is 6.29 Å². The Bertz CT molecular complexity index is 1320. The summed E-state index contributed by atoms with van der Waals surface area (Å²) in [4.78, 5) is 12.9. The third-order valence-electron chi connectivity index (χ3n) is 12.3. The van der Waals surface area contributed by atoms with E-state index in [-0.39, 0.29) is 19.2 Å². The molecule has 9 nitrogen and oxygen atoms in total. The topological polar surface area (TPSA) is 135 Å². The molecule has 68 heavy (non-hydrogen) atoms. The Morgan fingerprint density at radius 3 is 1.35 bits per heavy atom. The highest BCUT2D eigenvalue weighted by molar-refractivity contribution is 5.69. The van der Waals surface area contributed by atoms with E-state index in [1.54, 1.807) is 0 Å². The lowest BCUT2D eigenvalue weighted by Crippen LogP contribution is -2.59. The van der Waals surface area contributed by atoms with Crippen LogP contribution in [0.25, 0.3) is 0 Å². The van der Waals surface area contributed by atoms with Gasteiger partial charge in [0.2, 0.25) is 0 Å². The Morgan fingerprint density at radius 1 is 0.485 bits per heavy atom. The van der Waals surface area contributed by atoms with Crippen LogP contribution >= 0.6 is 0 Å². The lowest BCUT2D eigenvalue weighted by atomic mass is 9.99. The average molecular weight is 955 g/mol. The molecule has 0 spiro atoms. The minimum atomic E-state index is -1.55. The molecule has 0 aliphatic carbocycles. The molecule has 1 heterocycles. The molecule has 1 aliphatic heterocycles. The van der Waals surface area contributed by atoms with Crippen molar-refractivity contribution in [3.05, 3.63) is 85.1 Å². The first-order chi connectivity index (χ1) is 33.4. The Labute approximate surface area is 416 Å². The highest BCUT2D eigenvalue weighted by atomic mass is 16.7. The molecular formula is C59H102O9. The number of esters is 1. The number of hydrogen-bond acceptors (Lipinski definition) is 9. The third kappa shape index (κ3) is 39.1. The zero-order chi connectivity index (χ0) is 49.2. The predicted octanol–water partition coefficient (Wildman–Crippen LogP) is 14.1. The molecule has 1 aliphatic rings. The molecule has 6 unspecified atom stereocenters. The second-order valence-corrected chi connectivity index (χ2v) is 18.6. The van der Waals surface area contributed by atoms with Gasteiger partial charge >= 0.3 is 5.97 Å². The molecule has 0 bridgehead atoms. The number of carbonyl (C=O) groups excluding carboxylic acids is 1. The maximum Gasteiger partial charge on any atom is 0.306 e. The van der Waals surface area contributed by atoms with Gasteiger partial charge in [-0.25, -0.2) is 0 Å². The molecule has 1 fully saturated rings. The fourth-order valence-corrected chi connectivity index (χ4v) is 8.02. The molecule has 0 aromatic rings. The number of allylic oxidation sites excluding steroid dienone is 14. The Hall–Kier alpha value is -2.63. The van der Waals surface area contributed by atoms with E-state index >= 15 is 0 Å². The summed E-state index contributed by atoms with van der Waals surface area (Å²) in [6.45, 7) is 4.42. The molecule has 392 valence electrons. The van der Waals surface area contributed by atoms with Crippen molar-refractivity contribution in [1.82, 2.24) is 0 Å². The molecule has 4 N–H and O–H groups in total. The van der Waals surface area contributed by atoms with Gasteiger partial charge in [0.05, 0.1) is 19.8 Å². The standard InChI is InChI=1S/C59H102O9/c1-3-5-7-9-11-13-15-17-19-21-23-25-26-27-29-31-33-35-37-39-41-43-45-47-49-65-51-53(52-66-59-58(64)57(63)56(62)54(50-60)68-59)67-55(61)48-46-44-42-40-38-36-34-32-30-28-24-22-20-18-16-14-12-10-8-6-4-2/h6,8,12,14-15,17-18,20-21,23-24,28,32,34,53-54,56-60,62-64H,3-5,7,9-11,13,16,19,22,25-27,29-31,33,35-52H2,1-2H3/b8-6-,14-12-,17-15-,20-18-,23-21-,28-24-,34-32-. The number of unbranched alkanes of at least 4 members (excludes halogenated alkanes) is 22. The second kappa shape index (κ2) is 49.4. The molecule has 1 saturated heterocycles. The van der Waals surface area contributed by atoms with Crippen molar-refractivity contribution in [3.63, 3.8) is 0 Å². The number of rotatable bonds is 47. The van der Waals surface area contributed by atoms with E-state index in [1.807, 2.05) is 0 Å². The van der Waals surface area contributed by atoms with Crippen molar-refractivity contribution in [3.8, 4) is 0 Å². The maximum atomic E-state index is 12.9. The van der Waals surface area contributed by atoms with Crippen LogP contribution < -0.4 is 0 Å². The van der Waals surface area contributed by atoms with Crippen LogP contribution in [0.4, 0.5) is 0 Å². The van der Waals surface area contributed by atoms with E-state index in [4.69, 9.17) is 18.9 Å². The number of ether oxygens (including phenoxy) is 4. The number of carbonyl (C=O) groups is 1. The van der Waals surface area contributed by atoms with Crippen LogP contribution in [0.5, 0.6) is 0 Å². The van der Waals surface area contributed by atoms with Gasteiger partial charge in [-0.05, 0) is 89.9 Å². The molecule has 0 aromatic heterocycles. The summed E-state index contributed by atoms with van der Waals surface area (Å²) in [5, 5.41) is 40.3. The molecule has 0 amide bonds. The zero-order valence-corrected chi connectivity index (χ0v) is 43.3. The van der Waals surface area contributed by atoms with Crippen LogP contribution in [0.2, 0.25) is 0 Å². The van der Waals surface area contributed by atoms with Gasteiger partial charge in [-0.3, -0.25) is 4.79 Å². The Morgan fingerprint density at radius 2 is 0.897 bits per heavy atom. The van der Waals surface area contributed by atoms with Crippen LogP contribution in [0, 0.1) is 0 Å². The van der Waals surface area contributed by atoms with Gasteiger partial charge in [0.25, 0.3) is 0 Å². The van der Waals surface area contributed by atoms with E-state index in [2.05, 4.69) is 98.9 Å². The largest absolute Gasteiger partial charge is 0.457 e. The van der Waals surface area contributed by atoms with E-state index in [1.165, 1.54) is 109 Å². The molecule has 6 atom stereocenters. The van der Waals surface area contributed by atoms with Crippen LogP contribution in [0.15, 0.2) is 85.1 Å². The summed E-state index contributed by atoms with van der Waals surface area (Å²) in [6, 6.07) is 0. The molecule has 0 aromatic carbocycles. The van der Waals surface area contributed by atoms with Crippen molar-refractivity contribution in [2.75, 3.05) is 26.4 Å². The van der Waals surface area contributed by atoms with Crippen molar-refractivity contribution >= 4 is 5.97 Å². The first-order valence-corrected chi connectivity index (χ1v) is 27.7. The number of hydrogen-bond donors (Lipinski definition) is 4. The molecule has 0 radical (unpaired) electrons. The minimum Gasteiger partial charge on any atom is -0.457 e. The molecule has 1 rings (SSSR count). The van der Waals surface area contributed by atoms with Gasteiger partial charge in [0.1, 0.15) is 30.5 Å². The van der Waals surface area contributed by atoms with Gasteiger partial charge < -0.3 is 39.4 Å². The molecule has 9 heteroatoms. The highest BCUT2D eigenvalue weighted by Crippen LogP contribution is 2.23. The fourth-order valence-electron chi connectivity index (χ4n) is 8.02. The lowest BCUT2D eigenvalue weighted by Gasteiger charge is -2.39. The lowest BCUT2D eigenvalue weighted by molar-refractivity contribution is -0.305. The van der Waals surface area contributed by atoms with Gasteiger partial charge in [-0.2, -0.15) is 0 Å². The first kappa shape index (κ1) is 63.4. The Kier molecular flexibility index (Phi) is 46.0. The van der Waals surface area contributed by atoms with Crippen molar-refractivity contribution in [2.45, 2.75) is 256 Å². The fraction of sp³-hybridized carbons (Fsp3) is 0.746. The predicted molar refractivity (Wildman–Crippen MR) is 283 cm³/mol. The van der Waals surface area contributed by atoms with Crippen molar-refractivity contribution in [2.24, 2.45) is 0 Å². The normalized spacial score (nSPS) is 19.8. The maximum absolute atomic E-state index is 12.9. The second-order valence-electron chi connectivity index (χ2n) is 18.6. The van der Waals surface area contributed by atoms with Crippen LogP contribution in [-0.4, -0.2) is 89.6 Å². The smallest absolute Gasteiger partial charge is 0.306 e. The highest BCUT2D eigenvalue weighted by Gasteiger charge is 2.44. The average Bonchev–Trinajstić information content (AvgIpc) is 3.34. The van der Waals surface area contributed by atoms with E-state index < -0.39 is 43.4 Å². The van der Waals surface area contributed by atoms with E-state index in [0.29, 0.717) is 13.0 Å². The monoisotopic (exact) mass is 955 g/mol. The summed E-state index contributed by atoms with van der Waals surface area (Å²) in [5.74, 6) is -0.333. The summed E-state index contributed by atoms with van der Waals surface area (Å²) in [7, 11) is 0. The Balaban J connectivity index is 2.20. The van der Waals surface area contributed by atoms with Crippen molar-refractivity contribution < 1.29 is 44.2 Å². The summed E-state index contributed by atoms with van der Waals surface area (Å²) in [6.07, 6.45) is 60.5. The van der Waals surface area contributed by atoms with Gasteiger partial charge in [-0.15, -0.1) is 0 Å².